The maximum absolute atomic E-state index is 10.0. The molecule has 0 amide bonds. The molecule has 0 fully saturated rings. The van der Waals surface area contributed by atoms with E-state index in [1.807, 2.05) is 24.3 Å². The molecule has 31 heavy (non-hydrogen) atoms. The molecule has 0 saturated carbocycles. The zero-order valence-corrected chi connectivity index (χ0v) is 19.4. The van der Waals surface area contributed by atoms with Crippen LogP contribution in [-0.2, 0) is 5.41 Å². The van der Waals surface area contributed by atoms with Gasteiger partial charge in [0, 0.05) is 8.95 Å². The number of hydrogen-bond donors (Lipinski definition) is 2. The molecule has 0 aliphatic heterocycles. The number of rotatable bonds is 2. The highest BCUT2D eigenvalue weighted by Crippen LogP contribution is 2.57. The largest absolute Gasteiger partial charge is 0.508 e. The number of benzene rings is 5. The van der Waals surface area contributed by atoms with Crippen LogP contribution < -0.4 is 0 Å². The van der Waals surface area contributed by atoms with Gasteiger partial charge in [-0.05, 0) is 92.3 Å². The minimum Gasteiger partial charge on any atom is -0.508 e. The van der Waals surface area contributed by atoms with Crippen molar-refractivity contribution in [3.05, 3.63) is 116 Å². The topological polar surface area (TPSA) is 40.5 Å². The third-order valence-corrected chi connectivity index (χ3v) is 7.28. The summed E-state index contributed by atoms with van der Waals surface area (Å²) in [6, 6.07) is 28.0. The second kappa shape index (κ2) is 6.59. The average molecular weight is 532 g/mol. The van der Waals surface area contributed by atoms with E-state index in [9.17, 15) is 10.2 Å². The summed E-state index contributed by atoms with van der Waals surface area (Å²) in [5.74, 6) is 0.470. The van der Waals surface area contributed by atoms with Gasteiger partial charge in [0.1, 0.15) is 11.5 Å². The predicted octanol–water partition coefficient (Wildman–Crippen LogP) is 7.63. The average Bonchev–Trinajstić information content (AvgIpc) is 3.04. The van der Waals surface area contributed by atoms with Crippen LogP contribution >= 0.6 is 31.9 Å². The molecule has 2 nitrogen and oxygen atoms in total. The minimum absolute atomic E-state index is 0.235. The molecule has 4 heteroatoms. The Labute approximate surface area is 196 Å². The standard InChI is InChI=1S/C27H16Br2O2/c28-19-11-15-1-2-16-12-20(29)14-24-26(16)25(15)23(13-19)27(24,17-3-7-21(30)8-4-17)18-5-9-22(31)10-6-18/h1-14,30-31H. The normalized spacial score (nSPS) is 14.0. The van der Waals surface area contributed by atoms with Crippen LogP contribution in [0.2, 0.25) is 0 Å². The van der Waals surface area contributed by atoms with Crippen LogP contribution in [0.15, 0.2) is 93.9 Å². The van der Waals surface area contributed by atoms with E-state index < -0.39 is 5.41 Å². The second-order valence-electron chi connectivity index (χ2n) is 8.01. The predicted molar refractivity (Wildman–Crippen MR) is 132 cm³/mol. The van der Waals surface area contributed by atoms with Crippen molar-refractivity contribution < 1.29 is 10.2 Å². The quantitative estimate of drug-likeness (QED) is 0.225. The van der Waals surface area contributed by atoms with Crippen molar-refractivity contribution in [2.45, 2.75) is 5.41 Å². The third kappa shape index (κ3) is 2.55. The van der Waals surface area contributed by atoms with Crippen LogP contribution in [0.1, 0.15) is 22.3 Å². The highest BCUT2D eigenvalue weighted by molar-refractivity contribution is 9.10. The summed E-state index contributed by atoms with van der Waals surface area (Å²) in [6.45, 7) is 0. The van der Waals surface area contributed by atoms with E-state index in [1.165, 1.54) is 32.7 Å². The van der Waals surface area contributed by atoms with Crippen molar-refractivity contribution in [2.24, 2.45) is 0 Å². The molecule has 0 saturated heterocycles. The minimum atomic E-state index is -0.588. The Morgan fingerprint density at radius 3 is 1.29 bits per heavy atom. The molecular weight excluding hydrogens is 516 g/mol. The van der Waals surface area contributed by atoms with E-state index in [1.54, 1.807) is 24.3 Å². The van der Waals surface area contributed by atoms with E-state index in [0.717, 1.165) is 20.1 Å². The van der Waals surface area contributed by atoms with Crippen LogP contribution in [0, 0.1) is 0 Å². The molecule has 2 N–H and O–H groups in total. The summed E-state index contributed by atoms with van der Waals surface area (Å²) in [7, 11) is 0. The highest BCUT2D eigenvalue weighted by Gasteiger charge is 2.45. The van der Waals surface area contributed by atoms with Gasteiger partial charge in [-0.25, -0.2) is 0 Å². The van der Waals surface area contributed by atoms with Gasteiger partial charge in [-0.1, -0.05) is 68.3 Å². The lowest BCUT2D eigenvalue weighted by Crippen LogP contribution is -2.28. The van der Waals surface area contributed by atoms with Crippen molar-refractivity contribution in [2.75, 3.05) is 0 Å². The maximum Gasteiger partial charge on any atom is 0.115 e. The molecule has 5 aromatic rings. The van der Waals surface area contributed by atoms with Crippen LogP contribution in [0.3, 0.4) is 0 Å². The second-order valence-corrected chi connectivity index (χ2v) is 9.84. The van der Waals surface area contributed by atoms with E-state index in [4.69, 9.17) is 0 Å². The van der Waals surface area contributed by atoms with Crippen LogP contribution in [0.4, 0.5) is 0 Å². The Morgan fingerprint density at radius 1 is 0.516 bits per heavy atom. The third-order valence-electron chi connectivity index (χ3n) is 6.37. The van der Waals surface area contributed by atoms with Crippen molar-refractivity contribution in [3.63, 3.8) is 0 Å². The van der Waals surface area contributed by atoms with Crippen molar-refractivity contribution in [1.82, 2.24) is 0 Å². The first-order chi connectivity index (χ1) is 15.0. The van der Waals surface area contributed by atoms with Gasteiger partial charge in [0.25, 0.3) is 0 Å². The van der Waals surface area contributed by atoms with Gasteiger partial charge in [0.05, 0.1) is 5.41 Å². The number of aromatic hydroxyl groups is 2. The Balaban J connectivity index is 1.88. The van der Waals surface area contributed by atoms with E-state index >= 15 is 0 Å². The van der Waals surface area contributed by atoms with E-state index in [-0.39, 0.29) is 11.5 Å². The summed E-state index contributed by atoms with van der Waals surface area (Å²) in [4.78, 5) is 0. The Hall–Kier alpha value is -2.82. The van der Waals surface area contributed by atoms with Crippen LogP contribution in [0.5, 0.6) is 11.5 Å². The molecule has 150 valence electrons. The van der Waals surface area contributed by atoms with Gasteiger partial charge >= 0.3 is 0 Å². The molecule has 5 aromatic carbocycles. The van der Waals surface area contributed by atoms with Gasteiger partial charge in [-0.15, -0.1) is 0 Å². The molecular formula is C27H16Br2O2. The summed E-state index contributed by atoms with van der Waals surface area (Å²) in [5.41, 5.74) is 3.91. The fourth-order valence-corrected chi connectivity index (χ4v) is 6.16. The molecule has 1 aliphatic rings. The molecule has 0 heterocycles. The SMILES string of the molecule is Oc1ccc(C2(c3ccc(O)cc3)c3cc(Br)cc4ccc5cc(Br)cc2c5c34)cc1. The Kier molecular flexibility index (Phi) is 4.02. The zero-order valence-electron chi connectivity index (χ0n) is 16.2. The van der Waals surface area contributed by atoms with Crippen LogP contribution in [0.25, 0.3) is 21.5 Å². The molecule has 1 aliphatic carbocycles. The molecule has 0 radical (unpaired) electrons. The van der Waals surface area contributed by atoms with E-state index in [2.05, 4.69) is 68.3 Å². The maximum atomic E-state index is 10.0. The summed E-state index contributed by atoms with van der Waals surface area (Å²) >= 11 is 7.47. The summed E-state index contributed by atoms with van der Waals surface area (Å²) in [5, 5.41) is 24.9. The highest BCUT2D eigenvalue weighted by atomic mass is 79.9. The fourth-order valence-electron chi connectivity index (χ4n) is 5.20. The number of phenolic OH excluding ortho intramolecular Hbond substituents is 2. The first-order valence-corrected chi connectivity index (χ1v) is 11.5. The number of hydrogen-bond acceptors (Lipinski definition) is 2. The molecule has 0 spiro atoms. The van der Waals surface area contributed by atoms with Gasteiger partial charge in [0.15, 0.2) is 0 Å². The Bertz CT molecular complexity index is 1390. The lowest BCUT2D eigenvalue weighted by atomic mass is 9.67. The van der Waals surface area contributed by atoms with Gasteiger partial charge in [-0.3, -0.25) is 0 Å². The van der Waals surface area contributed by atoms with Crippen molar-refractivity contribution in [1.29, 1.82) is 0 Å². The monoisotopic (exact) mass is 530 g/mol. The smallest absolute Gasteiger partial charge is 0.115 e. The molecule has 0 aromatic heterocycles. The summed E-state index contributed by atoms with van der Waals surface area (Å²) < 4.78 is 2.03. The molecule has 0 atom stereocenters. The number of phenols is 2. The summed E-state index contributed by atoms with van der Waals surface area (Å²) in [6.07, 6.45) is 0. The van der Waals surface area contributed by atoms with Gasteiger partial charge in [0.2, 0.25) is 0 Å². The van der Waals surface area contributed by atoms with Crippen molar-refractivity contribution >= 4 is 53.4 Å². The molecule has 6 rings (SSSR count). The molecule has 0 unspecified atom stereocenters. The van der Waals surface area contributed by atoms with Gasteiger partial charge < -0.3 is 10.2 Å². The first-order valence-electron chi connectivity index (χ1n) is 9.94. The van der Waals surface area contributed by atoms with Gasteiger partial charge in [-0.2, -0.15) is 0 Å². The number of halogens is 2. The lowest BCUT2D eigenvalue weighted by Gasteiger charge is -2.34. The molecule has 0 bridgehead atoms. The lowest BCUT2D eigenvalue weighted by molar-refractivity contribution is 0.475. The van der Waals surface area contributed by atoms with E-state index in [0.29, 0.717) is 0 Å². The van der Waals surface area contributed by atoms with Crippen molar-refractivity contribution in [3.8, 4) is 11.5 Å². The first kappa shape index (κ1) is 18.9. The fraction of sp³-hybridized carbons (Fsp3) is 0.0370. The van der Waals surface area contributed by atoms with Crippen LogP contribution in [-0.4, -0.2) is 10.2 Å². The zero-order chi connectivity index (χ0) is 21.3. The Morgan fingerprint density at radius 2 is 0.903 bits per heavy atom.